The van der Waals surface area contributed by atoms with E-state index in [9.17, 15) is 4.79 Å². The van der Waals surface area contributed by atoms with Crippen molar-refractivity contribution in [3.63, 3.8) is 0 Å². The van der Waals surface area contributed by atoms with Gasteiger partial charge in [0.25, 0.3) is 0 Å². The summed E-state index contributed by atoms with van der Waals surface area (Å²) in [5.41, 5.74) is 1.85. The molecule has 0 aliphatic rings. The minimum atomic E-state index is -0.869. The molecule has 141 valence electrons. The molecule has 0 aromatic heterocycles. The van der Waals surface area contributed by atoms with Crippen LogP contribution in [0.4, 0.5) is 0 Å². The maximum absolute atomic E-state index is 12.6. The predicted octanol–water partition coefficient (Wildman–Crippen LogP) is 4.15. The van der Waals surface area contributed by atoms with Crippen molar-refractivity contribution in [1.82, 2.24) is 0 Å². The van der Waals surface area contributed by atoms with Crippen LogP contribution in [0.25, 0.3) is 0 Å². The van der Waals surface area contributed by atoms with Gasteiger partial charge in [-0.05, 0) is 46.9 Å². The Morgan fingerprint density at radius 1 is 0.821 bits per heavy atom. The lowest BCUT2D eigenvalue weighted by molar-refractivity contribution is 0.0602. The molecule has 0 aliphatic carbocycles. The predicted molar refractivity (Wildman–Crippen MR) is 121 cm³/mol. The maximum Gasteiger partial charge on any atom is 0.338 e. The van der Waals surface area contributed by atoms with Crippen molar-refractivity contribution in [2.45, 2.75) is 26.2 Å². The lowest BCUT2D eigenvalue weighted by atomic mass is 9.86. The van der Waals surface area contributed by atoms with E-state index < -0.39 is 7.92 Å². The van der Waals surface area contributed by atoms with Crippen LogP contribution in [0.5, 0.6) is 0 Å². The Bertz CT molecular complexity index is 879. The Morgan fingerprint density at radius 2 is 1.32 bits per heavy atom. The van der Waals surface area contributed by atoms with Crippen LogP contribution in [0, 0.1) is 0 Å². The minimum absolute atomic E-state index is 0. The highest BCUT2D eigenvalue weighted by Gasteiger charge is 2.25. The van der Waals surface area contributed by atoms with Crippen LogP contribution in [-0.4, -0.2) is 21.5 Å². The van der Waals surface area contributed by atoms with E-state index in [4.69, 9.17) is 4.74 Å². The first-order valence-corrected chi connectivity index (χ1v) is 10.4. The quantitative estimate of drug-likeness (QED) is 0.382. The number of carbonyl (C=O) groups excluding carboxylic acids is 1. The van der Waals surface area contributed by atoms with E-state index in [-0.39, 0.29) is 19.8 Å². The van der Waals surface area contributed by atoms with Gasteiger partial charge in [-0.15, -0.1) is 0 Å². The average Bonchev–Trinajstić information content (AvgIpc) is 2.68. The summed E-state index contributed by atoms with van der Waals surface area (Å²) >= 11 is 0. The molecule has 3 rings (SSSR count). The van der Waals surface area contributed by atoms with Gasteiger partial charge in [0.05, 0.1) is 12.7 Å². The van der Waals surface area contributed by atoms with Gasteiger partial charge in [0.15, 0.2) is 0 Å². The summed E-state index contributed by atoms with van der Waals surface area (Å²) in [5.74, 6) is -0.287. The van der Waals surface area contributed by atoms with Gasteiger partial charge in [0.2, 0.25) is 0 Å². The molecule has 0 N–H and O–H groups in total. The second kappa shape index (κ2) is 9.21. The van der Waals surface area contributed by atoms with E-state index in [0.29, 0.717) is 5.56 Å². The molecule has 4 heteroatoms. The summed E-state index contributed by atoms with van der Waals surface area (Å²) in [5, 5.41) is 3.48. The number of hydrogen-bond acceptors (Lipinski definition) is 2. The van der Waals surface area contributed by atoms with E-state index in [1.54, 1.807) is 0 Å². The van der Waals surface area contributed by atoms with E-state index in [1.165, 1.54) is 23.3 Å². The van der Waals surface area contributed by atoms with Gasteiger partial charge >= 0.3 is 5.97 Å². The highest BCUT2D eigenvalue weighted by atomic mass is 31.1. The molecule has 2 nitrogen and oxygen atoms in total. The van der Waals surface area contributed by atoms with Crippen LogP contribution >= 0.6 is 7.92 Å². The molecule has 0 unspecified atom stereocenters. The molecule has 3 aromatic carbocycles. The maximum atomic E-state index is 12.6. The van der Waals surface area contributed by atoms with Crippen molar-refractivity contribution in [2.24, 2.45) is 0 Å². The summed E-state index contributed by atoms with van der Waals surface area (Å²) in [4.78, 5) is 12.6. The van der Waals surface area contributed by atoms with Gasteiger partial charge in [-0.1, -0.05) is 87.5 Å². The van der Waals surface area contributed by atoms with Gasteiger partial charge in [-0.25, -0.2) is 4.79 Å². The lowest BCUT2D eigenvalue weighted by Crippen LogP contribution is -2.27. The first kappa shape index (κ1) is 21.9. The third kappa shape index (κ3) is 4.72. The van der Waals surface area contributed by atoms with E-state index in [0.717, 1.165) is 5.30 Å². The average molecular weight is 387 g/mol. The molecule has 3 aromatic rings. The second-order valence-corrected chi connectivity index (χ2v) is 9.67. The first-order valence-electron chi connectivity index (χ1n) is 9.05. The number of carbonyl (C=O) groups is 1. The van der Waals surface area contributed by atoms with Crippen molar-refractivity contribution >= 4 is 38.2 Å². The zero-order valence-corrected chi connectivity index (χ0v) is 17.7. The fourth-order valence-electron chi connectivity index (χ4n) is 3.05. The molecule has 0 saturated carbocycles. The molecule has 0 atom stereocenters. The first-order chi connectivity index (χ1) is 12.9. The highest BCUT2D eigenvalue weighted by Crippen LogP contribution is 2.36. The summed E-state index contributed by atoms with van der Waals surface area (Å²) < 4.78 is 5.10. The SMILES string of the molecule is COC(=O)c1ccc(C(C)(C)C)cc1P(c1ccccc1)c1ccccc1.[B]. The van der Waals surface area contributed by atoms with Gasteiger partial charge in [0, 0.05) is 8.41 Å². The van der Waals surface area contributed by atoms with Crippen molar-refractivity contribution in [1.29, 1.82) is 0 Å². The third-order valence-electron chi connectivity index (χ3n) is 4.54. The van der Waals surface area contributed by atoms with E-state index in [2.05, 4.69) is 75.4 Å². The van der Waals surface area contributed by atoms with Crippen LogP contribution in [0.15, 0.2) is 78.9 Å². The Morgan fingerprint density at radius 3 is 1.75 bits per heavy atom. The fourth-order valence-corrected chi connectivity index (χ4v) is 5.52. The molecule has 0 saturated heterocycles. The van der Waals surface area contributed by atoms with E-state index >= 15 is 0 Å². The Balaban J connectivity index is 0.00000280. The van der Waals surface area contributed by atoms with Crippen molar-refractivity contribution < 1.29 is 9.53 Å². The zero-order valence-electron chi connectivity index (χ0n) is 16.8. The Hall–Kier alpha value is -2.38. The molecule has 28 heavy (non-hydrogen) atoms. The summed E-state index contributed by atoms with van der Waals surface area (Å²) in [6, 6.07) is 27.0. The number of rotatable bonds is 4. The molecule has 3 radical (unpaired) electrons. The summed E-state index contributed by atoms with van der Waals surface area (Å²) in [6.45, 7) is 6.58. The molecule has 0 amide bonds. The van der Waals surface area contributed by atoms with Crippen molar-refractivity contribution in [3.8, 4) is 0 Å². The molecule has 0 heterocycles. The second-order valence-electron chi connectivity index (χ2n) is 7.48. The summed E-state index contributed by atoms with van der Waals surface area (Å²) in [6.07, 6.45) is 0. The van der Waals surface area contributed by atoms with Gasteiger partial charge < -0.3 is 4.74 Å². The number of hydrogen-bond donors (Lipinski definition) is 0. The van der Waals surface area contributed by atoms with Gasteiger partial charge in [0.1, 0.15) is 0 Å². The van der Waals surface area contributed by atoms with Crippen LogP contribution < -0.4 is 15.9 Å². The number of esters is 1. The van der Waals surface area contributed by atoms with Crippen LogP contribution in [-0.2, 0) is 10.2 Å². The minimum Gasteiger partial charge on any atom is -0.465 e. The van der Waals surface area contributed by atoms with Gasteiger partial charge in [-0.2, -0.15) is 0 Å². The van der Waals surface area contributed by atoms with Crippen molar-refractivity contribution in [3.05, 3.63) is 90.0 Å². The third-order valence-corrected chi connectivity index (χ3v) is 7.02. The smallest absolute Gasteiger partial charge is 0.338 e. The molecule has 0 aliphatic heterocycles. The van der Waals surface area contributed by atoms with E-state index in [1.807, 2.05) is 24.3 Å². The fraction of sp³-hybridized carbons (Fsp3) is 0.208. The molecule has 0 bridgehead atoms. The molecular formula is C24H25BO2P. The number of benzene rings is 3. The summed E-state index contributed by atoms with van der Waals surface area (Å²) in [7, 11) is 0.572. The topological polar surface area (TPSA) is 26.3 Å². The van der Waals surface area contributed by atoms with Gasteiger partial charge in [-0.3, -0.25) is 0 Å². The lowest BCUT2D eigenvalue weighted by Gasteiger charge is -2.25. The Labute approximate surface area is 171 Å². The van der Waals surface area contributed by atoms with Crippen LogP contribution in [0.2, 0.25) is 0 Å². The number of methoxy groups -OCH3 is 1. The standard InChI is InChI=1S/C24H25O2P.B/c1-24(2,3)18-15-16-21(23(25)26-4)22(17-18)27(19-11-7-5-8-12-19)20-13-9-6-10-14-20;/h5-17H,1-4H3;. The highest BCUT2D eigenvalue weighted by molar-refractivity contribution is 7.80. The molecule has 0 spiro atoms. The molecule has 0 fully saturated rings. The normalized spacial score (nSPS) is 11.0. The monoisotopic (exact) mass is 387 g/mol. The van der Waals surface area contributed by atoms with Crippen molar-refractivity contribution in [2.75, 3.05) is 7.11 Å². The molecular weight excluding hydrogens is 362 g/mol. The van der Waals surface area contributed by atoms with Crippen LogP contribution in [0.3, 0.4) is 0 Å². The largest absolute Gasteiger partial charge is 0.465 e. The van der Waals surface area contributed by atoms with Crippen LogP contribution in [0.1, 0.15) is 36.7 Å². The number of ether oxygens (including phenoxy) is 1. The Kier molecular flexibility index (Phi) is 7.21. The zero-order chi connectivity index (χ0) is 19.4.